The number of likely N-dealkylation sites (tertiary alicyclic amines) is 1. The molecule has 3 atom stereocenters. The molecule has 0 spiro atoms. The molecule has 0 radical (unpaired) electrons. The van der Waals surface area contributed by atoms with Gasteiger partial charge in [0.05, 0.1) is 12.6 Å². The molecule has 0 aliphatic carbocycles. The molecular weight excluding hydrogens is 213 g/mol. The summed E-state index contributed by atoms with van der Waals surface area (Å²) in [5.41, 5.74) is 5.81. The third kappa shape index (κ3) is 2.34. The van der Waals surface area contributed by atoms with E-state index in [-0.39, 0.29) is 24.6 Å². The summed E-state index contributed by atoms with van der Waals surface area (Å²) in [6, 6.07) is -0.203. The number of alkyl halides is 1. The first-order valence-corrected chi connectivity index (χ1v) is 5.66. The van der Waals surface area contributed by atoms with Gasteiger partial charge in [-0.15, -0.1) is 0 Å². The van der Waals surface area contributed by atoms with E-state index in [0.717, 1.165) is 13.0 Å². The summed E-state index contributed by atoms with van der Waals surface area (Å²) >= 11 is 0. The van der Waals surface area contributed by atoms with Crippen LogP contribution in [-0.4, -0.2) is 55.9 Å². The van der Waals surface area contributed by atoms with Crippen molar-refractivity contribution >= 4 is 5.91 Å². The first-order valence-electron chi connectivity index (χ1n) is 5.66. The van der Waals surface area contributed by atoms with Crippen molar-refractivity contribution < 1.29 is 13.9 Å². The van der Waals surface area contributed by atoms with Crippen LogP contribution in [0.15, 0.2) is 0 Å². The molecule has 1 unspecified atom stereocenters. The Morgan fingerprint density at radius 2 is 2.31 bits per heavy atom. The smallest absolute Gasteiger partial charge is 0.241 e. The van der Waals surface area contributed by atoms with Gasteiger partial charge in [0.1, 0.15) is 12.2 Å². The molecule has 5 nitrogen and oxygen atoms in total. The van der Waals surface area contributed by atoms with Crippen molar-refractivity contribution in [3.05, 3.63) is 0 Å². The average Bonchev–Trinajstić information content (AvgIpc) is 2.81. The summed E-state index contributed by atoms with van der Waals surface area (Å²) < 4.78 is 18.6. The van der Waals surface area contributed by atoms with E-state index in [9.17, 15) is 9.18 Å². The Morgan fingerprint density at radius 3 is 2.88 bits per heavy atom. The Kier molecular flexibility index (Phi) is 3.73. The highest BCUT2D eigenvalue weighted by Gasteiger charge is 2.34. The summed E-state index contributed by atoms with van der Waals surface area (Å²) in [7, 11) is 1.51. The second kappa shape index (κ2) is 5.07. The van der Waals surface area contributed by atoms with Crippen molar-refractivity contribution in [2.75, 3.05) is 26.7 Å². The minimum absolute atomic E-state index is 0.0118. The number of carbonyl (C=O) groups excluding carboxylic acids is 1. The second-order valence-corrected chi connectivity index (χ2v) is 4.28. The van der Waals surface area contributed by atoms with E-state index in [2.05, 4.69) is 10.9 Å². The van der Waals surface area contributed by atoms with Crippen LogP contribution in [-0.2, 0) is 9.53 Å². The summed E-state index contributed by atoms with van der Waals surface area (Å²) in [4.78, 5) is 13.5. The standard InChI is InChI=1S/C10H18FN3O2/c1-16-9-3-5-14(6-7(9)11)10(15)8-2-4-12-13-8/h7-9,12-13H,2-6H2,1H3/t7-,8?,9+/m1/s1. The summed E-state index contributed by atoms with van der Waals surface area (Å²) in [6.07, 6.45) is -0.0976. The monoisotopic (exact) mass is 231 g/mol. The molecule has 2 aliphatic rings. The van der Waals surface area contributed by atoms with Crippen LogP contribution in [0.25, 0.3) is 0 Å². The Hall–Kier alpha value is -0.720. The van der Waals surface area contributed by atoms with Gasteiger partial charge in [-0.25, -0.2) is 9.82 Å². The van der Waals surface area contributed by atoms with Crippen LogP contribution >= 0.6 is 0 Å². The molecule has 92 valence electrons. The fraction of sp³-hybridized carbons (Fsp3) is 0.900. The van der Waals surface area contributed by atoms with Crippen LogP contribution in [0.2, 0.25) is 0 Å². The molecule has 2 heterocycles. The Bertz CT molecular complexity index is 258. The lowest BCUT2D eigenvalue weighted by Crippen LogP contribution is -2.53. The van der Waals surface area contributed by atoms with E-state index in [1.807, 2.05) is 0 Å². The van der Waals surface area contributed by atoms with Crippen molar-refractivity contribution in [3.8, 4) is 0 Å². The molecule has 0 saturated carbocycles. The molecule has 2 rings (SSSR count). The quantitative estimate of drug-likeness (QED) is 0.669. The zero-order valence-electron chi connectivity index (χ0n) is 9.41. The van der Waals surface area contributed by atoms with Crippen LogP contribution in [0.1, 0.15) is 12.8 Å². The summed E-state index contributed by atoms with van der Waals surface area (Å²) in [5.74, 6) is -0.0118. The predicted molar refractivity (Wildman–Crippen MR) is 56.4 cm³/mol. The van der Waals surface area contributed by atoms with Crippen molar-refractivity contribution in [1.82, 2.24) is 15.8 Å². The zero-order chi connectivity index (χ0) is 11.5. The third-order valence-corrected chi connectivity index (χ3v) is 3.23. The number of nitrogens with zero attached hydrogens (tertiary/aromatic N) is 1. The van der Waals surface area contributed by atoms with Crippen LogP contribution in [0.5, 0.6) is 0 Å². The van der Waals surface area contributed by atoms with Crippen LogP contribution in [0.3, 0.4) is 0 Å². The Balaban J connectivity index is 1.88. The highest BCUT2D eigenvalue weighted by atomic mass is 19.1. The van der Waals surface area contributed by atoms with Gasteiger partial charge in [-0.1, -0.05) is 0 Å². The molecule has 2 fully saturated rings. The molecule has 6 heteroatoms. The predicted octanol–water partition coefficient (Wildman–Crippen LogP) is -0.562. The molecule has 1 amide bonds. The summed E-state index contributed by atoms with van der Waals surface area (Å²) in [5, 5.41) is 0. The van der Waals surface area contributed by atoms with Crippen LogP contribution in [0, 0.1) is 0 Å². The number of ether oxygens (including phenoxy) is 1. The fourth-order valence-corrected chi connectivity index (χ4v) is 2.24. The van der Waals surface area contributed by atoms with Crippen molar-refractivity contribution in [2.24, 2.45) is 0 Å². The third-order valence-electron chi connectivity index (χ3n) is 3.23. The normalized spacial score (nSPS) is 35.4. The lowest BCUT2D eigenvalue weighted by atomic mass is 10.0. The van der Waals surface area contributed by atoms with E-state index in [0.29, 0.717) is 13.0 Å². The van der Waals surface area contributed by atoms with Crippen LogP contribution < -0.4 is 10.9 Å². The lowest BCUT2D eigenvalue weighted by molar-refractivity contribution is -0.138. The van der Waals surface area contributed by atoms with Crippen molar-refractivity contribution in [2.45, 2.75) is 31.2 Å². The van der Waals surface area contributed by atoms with Gasteiger partial charge in [0, 0.05) is 20.2 Å². The van der Waals surface area contributed by atoms with Gasteiger partial charge in [-0.05, 0) is 12.8 Å². The number of hydrazine groups is 1. The minimum atomic E-state index is -1.07. The topological polar surface area (TPSA) is 53.6 Å². The molecule has 2 N–H and O–H groups in total. The van der Waals surface area contributed by atoms with E-state index in [1.165, 1.54) is 7.11 Å². The van der Waals surface area contributed by atoms with E-state index >= 15 is 0 Å². The first-order chi connectivity index (χ1) is 7.72. The number of hydrogen-bond acceptors (Lipinski definition) is 4. The molecule has 0 aromatic carbocycles. The van der Waals surface area contributed by atoms with Gasteiger partial charge >= 0.3 is 0 Å². The van der Waals surface area contributed by atoms with Crippen molar-refractivity contribution in [1.29, 1.82) is 0 Å². The first kappa shape index (κ1) is 11.8. The maximum Gasteiger partial charge on any atom is 0.241 e. The Labute approximate surface area is 94.3 Å². The number of amides is 1. The highest BCUT2D eigenvalue weighted by molar-refractivity contribution is 5.82. The number of hydrogen-bond donors (Lipinski definition) is 2. The maximum atomic E-state index is 13.6. The molecule has 2 aliphatic heterocycles. The van der Waals surface area contributed by atoms with Gasteiger partial charge in [0.2, 0.25) is 5.91 Å². The average molecular weight is 231 g/mol. The summed E-state index contributed by atoms with van der Waals surface area (Å²) in [6.45, 7) is 1.51. The number of carbonyl (C=O) groups is 1. The second-order valence-electron chi connectivity index (χ2n) is 4.28. The number of piperidine rings is 1. The maximum absolute atomic E-state index is 13.6. The number of halogens is 1. The molecule has 0 bridgehead atoms. The molecule has 2 saturated heterocycles. The number of rotatable bonds is 2. The van der Waals surface area contributed by atoms with E-state index < -0.39 is 6.17 Å². The molecular formula is C10H18FN3O2. The fourth-order valence-electron chi connectivity index (χ4n) is 2.24. The minimum Gasteiger partial charge on any atom is -0.378 e. The highest BCUT2D eigenvalue weighted by Crippen LogP contribution is 2.18. The van der Waals surface area contributed by atoms with E-state index in [1.54, 1.807) is 4.90 Å². The van der Waals surface area contributed by atoms with Gasteiger partial charge in [0.25, 0.3) is 0 Å². The van der Waals surface area contributed by atoms with Crippen molar-refractivity contribution in [3.63, 3.8) is 0 Å². The molecule has 0 aromatic rings. The zero-order valence-corrected chi connectivity index (χ0v) is 9.41. The van der Waals surface area contributed by atoms with Gasteiger partial charge in [-0.3, -0.25) is 10.2 Å². The van der Waals surface area contributed by atoms with Gasteiger partial charge in [-0.2, -0.15) is 0 Å². The van der Waals surface area contributed by atoms with Gasteiger partial charge in [0.15, 0.2) is 0 Å². The number of methoxy groups -OCH3 is 1. The number of nitrogens with one attached hydrogen (secondary N) is 2. The lowest BCUT2D eigenvalue weighted by Gasteiger charge is -2.35. The van der Waals surface area contributed by atoms with E-state index in [4.69, 9.17) is 4.74 Å². The molecule has 0 aromatic heterocycles. The SMILES string of the molecule is CO[C@H]1CCN(C(=O)C2CCNN2)C[C@H]1F. The largest absolute Gasteiger partial charge is 0.378 e. The van der Waals surface area contributed by atoms with Crippen LogP contribution in [0.4, 0.5) is 4.39 Å². The molecule has 16 heavy (non-hydrogen) atoms. The van der Waals surface area contributed by atoms with Gasteiger partial charge < -0.3 is 9.64 Å². The Morgan fingerprint density at radius 1 is 1.50 bits per heavy atom.